The zero-order chi connectivity index (χ0) is 19.1. The lowest BCUT2D eigenvalue weighted by Gasteiger charge is -2.25. The van der Waals surface area contributed by atoms with Crippen molar-refractivity contribution < 1.29 is 0 Å². The van der Waals surface area contributed by atoms with Crippen molar-refractivity contribution in [2.75, 3.05) is 23.4 Å². The molecule has 2 aromatic carbocycles. The first-order chi connectivity index (χ1) is 13.2. The third kappa shape index (κ3) is 5.07. The van der Waals surface area contributed by atoms with Crippen LogP contribution >= 0.6 is 0 Å². The summed E-state index contributed by atoms with van der Waals surface area (Å²) in [4.78, 5) is 14.1. The molecule has 1 heterocycles. The minimum atomic E-state index is 0.729. The maximum Gasteiger partial charge on any atom is 0.232 e. The van der Waals surface area contributed by atoms with Crippen LogP contribution in [-0.4, -0.2) is 23.6 Å². The largest absolute Gasteiger partial charge is 0.360 e. The summed E-state index contributed by atoms with van der Waals surface area (Å²) in [6, 6.07) is 22.9. The minimum Gasteiger partial charge on any atom is -0.360 e. The van der Waals surface area contributed by atoms with Gasteiger partial charge in [0, 0.05) is 31.0 Å². The molecule has 3 rings (SSSR count). The van der Waals surface area contributed by atoms with E-state index in [2.05, 4.69) is 78.4 Å². The molecule has 0 spiro atoms. The van der Waals surface area contributed by atoms with Gasteiger partial charge in [-0.15, -0.1) is 0 Å². The minimum absolute atomic E-state index is 0.729. The van der Waals surface area contributed by atoms with E-state index in [1.54, 1.807) is 0 Å². The quantitative estimate of drug-likeness (QED) is 0.541. The molecule has 27 heavy (non-hydrogen) atoms. The number of rotatable bonds is 8. The van der Waals surface area contributed by atoms with E-state index in [1.165, 1.54) is 12.0 Å². The number of aryl methyl sites for hydroxylation is 1. The van der Waals surface area contributed by atoms with Gasteiger partial charge >= 0.3 is 0 Å². The van der Waals surface area contributed by atoms with Crippen molar-refractivity contribution in [1.29, 1.82) is 0 Å². The summed E-state index contributed by atoms with van der Waals surface area (Å²) >= 11 is 0. The van der Waals surface area contributed by atoms with Crippen LogP contribution < -0.4 is 9.80 Å². The fourth-order valence-corrected chi connectivity index (χ4v) is 3.01. The Balaban J connectivity index is 1.97. The van der Waals surface area contributed by atoms with Crippen LogP contribution in [0, 0.1) is 6.92 Å². The molecule has 0 radical (unpaired) electrons. The Morgan fingerprint density at radius 1 is 0.889 bits per heavy atom. The number of nitrogens with zero attached hydrogens (tertiary/aromatic N) is 4. The van der Waals surface area contributed by atoms with Gasteiger partial charge in [0.15, 0.2) is 0 Å². The second kappa shape index (κ2) is 9.17. The van der Waals surface area contributed by atoms with E-state index in [0.717, 1.165) is 42.7 Å². The van der Waals surface area contributed by atoms with Crippen molar-refractivity contribution in [3.8, 4) is 0 Å². The Labute approximate surface area is 162 Å². The van der Waals surface area contributed by atoms with Crippen molar-refractivity contribution in [1.82, 2.24) is 9.97 Å². The second-order valence-electron chi connectivity index (χ2n) is 6.85. The molecule has 140 valence electrons. The van der Waals surface area contributed by atoms with Gasteiger partial charge in [0.2, 0.25) is 5.95 Å². The molecule has 0 saturated carbocycles. The molecular formula is C23H28N4. The highest BCUT2D eigenvalue weighted by Crippen LogP contribution is 2.26. The Hall–Kier alpha value is -2.88. The van der Waals surface area contributed by atoms with Crippen molar-refractivity contribution in [2.45, 2.75) is 33.2 Å². The van der Waals surface area contributed by atoms with E-state index in [4.69, 9.17) is 9.97 Å². The summed E-state index contributed by atoms with van der Waals surface area (Å²) in [7, 11) is 2.10. The lowest BCUT2D eigenvalue weighted by Crippen LogP contribution is -2.23. The van der Waals surface area contributed by atoms with E-state index in [0.29, 0.717) is 0 Å². The maximum atomic E-state index is 4.90. The number of para-hydroxylation sites is 1. The predicted molar refractivity (Wildman–Crippen MR) is 114 cm³/mol. The van der Waals surface area contributed by atoms with E-state index in [-0.39, 0.29) is 0 Å². The normalized spacial score (nSPS) is 10.6. The fraction of sp³-hybridized carbons (Fsp3) is 0.304. The van der Waals surface area contributed by atoms with Gasteiger partial charge < -0.3 is 9.80 Å². The number of hydrogen-bond donors (Lipinski definition) is 0. The van der Waals surface area contributed by atoms with Crippen LogP contribution in [0.25, 0.3) is 0 Å². The number of anilines is 3. The highest BCUT2D eigenvalue weighted by atomic mass is 15.3. The molecule has 0 unspecified atom stereocenters. The van der Waals surface area contributed by atoms with Crippen LogP contribution in [0.2, 0.25) is 0 Å². The summed E-state index contributed by atoms with van der Waals surface area (Å²) in [5, 5.41) is 0. The fourth-order valence-electron chi connectivity index (χ4n) is 3.01. The van der Waals surface area contributed by atoms with Gasteiger partial charge in [-0.2, -0.15) is 4.98 Å². The van der Waals surface area contributed by atoms with Gasteiger partial charge in [0.05, 0.1) is 6.54 Å². The summed E-state index contributed by atoms with van der Waals surface area (Å²) < 4.78 is 0. The lowest BCUT2D eigenvalue weighted by molar-refractivity contribution is 0.755. The van der Waals surface area contributed by atoms with Crippen LogP contribution in [0.5, 0.6) is 0 Å². The monoisotopic (exact) mass is 360 g/mol. The molecule has 4 nitrogen and oxygen atoms in total. The average molecular weight is 361 g/mol. The molecule has 3 aromatic rings. The van der Waals surface area contributed by atoms with Crippen LogP contribution in [0.3, 0.4) is 0 Å². The summed E-state index contributed by atoms with van der Waals surface area (Å²) in [6.07, 6.45) is 2.33. The van der Waals surface area contributed by atoms with Crippen LogP contribution in [0.1, 0.15) is 31.0 Å². The van der Waals surface area contributed by atoms with E-state index >= 15 is 0 Å². The first-order valence-corrected chi connectivity index (χ1v) is 9.60. The standard InChI is InChI=1S/C23H28N4/c1-4-5-16-26(3)22-17-19(2)24-23(25-22)27(21-14-10-7-11-15-21)18-20-12-8-6-9-13-20/h6-15,17H,4-5,16,18H2,1-3H3. The van der Waals surface area contributed by atoms with E-state index < -0.39 is 0 Å². The number of aromatic nitrogens is 2. The Bertz CT molecular complexity index is 834. The summed E-state index contributed by atoms with van der Waals surface area (Å²) in [5.41, 5.74) is 3.30. The van der Waals surface area contributed by atoms with Gasteiger partial charge in [-0.05, 0) is 31.0 Å². The Morgan fingerprint density at radius 3 is 2.22 bits per heavy atom. The summed E-state index contributed by atoms with van der Waals surface area (Å²) in [6.45, 7) is 5.97. The zero-order valence-electron chi connectivity index (χ0n) is 16.5. The van der Waals surface area contributed by atoms with Gasteiger partial charge in [-0.1, -0.05) is 61.9 Å². The van der Waals surface area contributed by atoms with Crippen molar-refractivity contribution in [3.05, 3.63) is 78.0 Å². The highest BCUT2D eigenvalue weighted by molar-refractivity contribution is 5.59. The number of hydrogen-bond acceptors (Lipinski definition) is 4. The SMILES string of the molecule is CCCCN(C)c1cc(C)nc(N(Cc2ccccc2)c2ccccc2)n1. The molecule has 0 amide bonds. The number of unbranched alkanes of at least 4 members (excludes halogenated alkanes) is 1. The highest BCUT2D eigenvalue weighted by Gasteiger charge is 2.15. The average Bonchev–Trinajstić information content (AvgIpc) is 2.71. The molecule has 0 N–H and O–H groups in total. The van der Waals surface area contributed by atoms with Crippen molar-refractivity contribution >= 4 is 17.5 Å². The maximum absolute atomic E-state index is 4.90. The molecule has 0 saturated heterocycles. The molecule has 0 atom stereocenters. The lowest BCUT2D eigenvalue weighted by atomic mass is 10.2. The topological polar surface area (TPSA) is 32.3 Å². The van der Waals surface area contributed by atoms with Gasteiger partial charge in [0.25, 0.3) is 0 Å². The molecule has 0 fully saturated rings. The molecule has 1 aromatic heterocycles. The molecular weight excluding hydrogens is 332 g/mol. The molecule has 0 bridgehead atoms. The number of benzene rings is 2. The summed E-state index contributed by atoms with van der Waals surface area (Å²) in [5.74, 6) is 1.71. The third-order valence-corrected chi connectivity index (χ3v) is 4.56. The molecule has 4 heteroatoms. The van der Waals surface area contributed by atoms with Gasteiger partial charge in [-0.25, -0.2) is 4.98 Å². The molecule has 0 aliphatic carbocycles. The first-order valence-electron chi connectivity index (χ1n) is 9.60. The van der Waals surface area contributed by atoms with Gasteiger partial charge in [-0.3, -0.25) is 0 Å². The second-order valence-corrected chi connectivity index (χ2v) is 6.85. The van der Waals surface area contributed by atoms with Crippen LogP contribution in [0.4, 0.5) is 17.5 Å². The van der Waals surface area contributed by atoms with Gasteiger partial charge in [0.1, 0.15) is 5.82 Å². The predicted octanol–water partition coefficient (Wildman–Crippen LogP) is 5.36. The van der Waals surface area contributed by atoms with Crippen molar-refractivity contribution in [3.63, 3.8) is 0 Å². The molecule has 0 aliphatic rings. The van der Waals surface area contributed by atoms with E-state index in [9.17, 15) is 0 Å². The Kier molecular flexibility index (Phi) is 6.42. The first kappa shape index (κ1) is 18.9. The van der Waals surface area contributed by atoms with Crippen LogP contribution in [-0.2, 0) is 6.54 Å². The Morgan fingerprint density at radius 2 is 1.56 bits per heavy atom. The van der Waals surface area contributed by atoms with Crippen molar-refractivity contribution in [2.24, 2.45) is 0 Å². The smallest absolute Gasteiger partial charge is 0.232 e. The van der Waals surface area contributed by atoms with Crippen LogP contribution in [0.15, 0.2) is 66.7 Å². The van der Waals surface area contributed by atoms with E-state index in [1.807, 2.05) is 19.1 Å². The third-order valence-electron chi connectivity index (χ3n) is 4.56. The zero-order valence-corrected chi connectivity index (χ0v) is 16.5. The molecule has 0 aliphatic heterocycles.